The molecule has 1 aliphatic rings. The van der Waals surface area contributed by atoms with Crippen LogP contribution in [0.4, 0.5) is 0 Å². The van der Waals surface area contributed by atoms with Crippen LogP contribution in [0.5, 0.6) is 0 Å². The monoisotopic (exact) mass is 256 g/mol. The van der Waals surface area contributed by atoms with Crippen LogP contribution < -0.4 is 0 Å². The Kier molecular flexibility index (Phi) is 3.56. The molecule has 1 aliphatic heterocycles. The molecule has 76 valence electrons. The fourth-order valence-corrected chi connectivity index (χ4v) is 1.93. The van der Waals surface area contributed by atoms with E-state index in [0.717, 1.165) is 24.1 Å². The Morgan fingerprint density at radius 3 is 3.14 bits per heavy atom. The van der Waals surface area contributed by atoms with Crippen molar-refractivity contribution in [3.05, 3.63) is 34.3 Å². The molecule has 0 saturated carbocycles. The van der Waals surface area contributed by atoms with Crippen molar-refractivity contribution in [2.45, 2.75) is 19.1 Å². The maximum absolute atomic E-state index is 5.70. The summed E-state index contributed by atoms with van der Waals surface area (Å²) in [4.78, 5) is 0. The van der Waals surface area contributed by atoms with E-state index in [0.29, 0.717) is 6.61 Å². The third-order valence-corrected chi connectivity index (χ3v) is 2.76. The smallest absolute Gasteiger partial charge is 0.0834 e. The predicted octanol–water partition coefficient (Wildman–Crippen LogP) is 2.75. The maximum Gasteiger partial charge on any atom is 0.0834 e. The van der Waals surface area contributed by atoms with Crippen LogP contribution >= 0.6 is 15.9 Å². The number of halogens is 1. The zero-order valence-corrected chi connectivity index (χ0v) is 9.50. The molecule has 0 unspecified atom stereocenters. The van der Waals surface area contributed by atoms with Crippen LogP contribution in [0.1, 0.15) is 12.0 Å². The molecule has 2 rings (SSSR count). The summed E-state index contributed by atoms with van der Waals surface area (Å²) in [6.07, 6.45) is 1.31. The van der Waals surface area contributed by atoms with E-state index in [4.69, 9.17) is 9.47 Å². The highest BCUT2D eigenvalue weighted by Crippen LogP contribution is 2.15. The number of rotatable bonds is 3. The molecule has 0 N–H and O–H groups in total. The molecule has 0 aromatic heterocycles. The summed E-state index contributed by atoms with van der Waals surface area (Å²) in [5, 5.41) is 0. The van der Waals surface area contributed by atoms with Crippen LogP contribution in [-0.2, 0) is 16.1 Å². The summed E-state index contributed by atoms with van der Waals surface area (Å²) in [6.45, 7) is 2.25. The Morgan fingerprint density at radius 1 is 1.50 bits per heavy atom. The highest BCUT2D eigenvalue weighted by atomic mass is 79.9. The molecule has 1 heterocycles. The van der Waals surface area contributed by atoms with Crippen molar-refractivity contribution in [1.82, 2.24) is 0 Å². The molecular weight excluding hydrogens is 244 g/mol. The van der Waals surface area contributed by atoms with Gasteiger partial charge in [0, 0.05) is 11.1 Å². The Labute approximate surface area is 92.3 Å². The second-order valence-corrected chi connectivity index (χ2v) is 4.34. The van der Waals surface area contributed by atoms with E-state index >= 15 is 0 Å². The average Bonchev–Trinajstić information content (AvgIpc) is 2.67. The van der Waals surface area contributed by atoms with Crippen LogP contribution in [0.25, 0.3) is 0 Å². The van der Waals surface area contributed by atoms with Gasteiger partial charge in [0.15, 0.2) is 0 Å². The molecule has 0 aliphatic carbocycles. The van der Waals surface area contributed by atoms with Crippen molar-refractivity contribution in [2.24, 2.45) is 0 Å². The Morgan fingerprint density at radius 2 is 2.43 bits per heavy atom. The topological polar surface area (TPSA) is 18.5 Å². The molecule has 0 spiro atoms. The molecule has 1 aromatic carbocycles. The van der Waals surface area contributed by atoms with Gasteiger partial charge in [0.1, 0.15) is 0 Å². The quantitative estimate of drug-likeness (QED) is 0.828. The standard InChI is InChI=1S/C11H13BrO2/c12-10-3-1-2-9(6-10)7-14-11-4-5-13-8-11/h1-3,6,11H,4-5,7-8H2/t11-/m0/s1. The minimum atomic E-state index is 0.286. The minimum absolute atomic E-state index is 0.286. The third-order valence-electron chi connectivity index (χ3n) is 2.26. The van der Waals surface area contributed by atoms with E-state index in [9.17, 15) is 0 Å². The summed E-state index contributed by atoms with van der Waals surface area (Å²) in [5.74, 6) is 0. The highest BCUT2D eigenvalue weighted by Gasteiger charge is 2.15. The fraction of sp³-hybridized carbons (Fsp3) is 0.455. The average molecular weight is 257 g/mol. The Balaban J connectivity index is 1.85. The van der Waals surface area contributed by atoms with Crippen LogP contribution in [0, 0.1) is 0 Å². The molecule has 1 fully saturated rings. The number of hydrogen-bond acceptors (Lipinski definition) is 2. The first kappa shape index (κ1) is 10.1. The maximum atomic E-state index is 5.70. The van der Waals surface area contributed by atoms with Crippen LogP contribution in [0.2, 0.25) is 0 Å². The summed E-state index contributed by atoms with van der Waals surface area (Å²) in [5.41, 5.74) is 1.20. The number of ether oxygens (including phenoxy) is 2. The van der Waals surface area contributed by atoms with E-state index in [1.807, 2.05) is 12.1 Å². The molecule has 0 amide bonds. The van der Waals surface area contributed by atoms with Gasteiger partial charge < -0.3 is 9.47 Å². The van der Waals surface area contributed by atoms with Crippen LogP contribution in [0.15, 0.2) is 28.7 Å². The third kappa shape index (κ3) is 2.80. The van der Waals surface area contributed by atoms with Gasteiger partial charge in [-0.3, -0.25) is 0 Å². The van der Waals surface area contributed by atoms with Gasteiger partial charge in [-0.25, -0.2) is 0 Å². The molecule has 1 saturated heterocycles. The van der Waals surface area contributed by atoms with Crippen molar-refractivity contribution in [2.75, 3.05) is 13.2 Å². The molecule has 0 bridgehead atoms. The van der Waals surface area contributed by atoms with E-state index in [2.05, 4.69) is 28.1 Å². The molecule has 1 atom stereocenters. The van der Waals surface area contributed by atoms with Crippen molar-refractivity contribution < 1.29 is 9.47 Å². The lowest BCUT2D eigenvalue weighted by molar-refractivity contribution is 0.0317. The second-order valence-electron chi connectivity index (χ2n) is 3.43. The highest BCUT2D eigenvalue weighted by molar-refractivity contribution is 9.10. The van der Waals surface area contributed by atoms with E-state index < -0.39 is 0 Å². The predicted molar refractivity (Wildman–Crippen MR) is 58.2 cm³/mol. The lowest BCUT2D eigenvalue weighted by Gasteiger charge is -2.09. The van der Waals surface area contributed by atoms with E-state index in [1.54, 1.807) is 0 Å². The summed E-state index contributed by atoms with van der Waals surface area (Å²) < 4.78 is 12.0. The van der Waals surface area contributed by atoms with Gasteiger partial charge in [-0.1, -0.05) is 28.1 Å². The number of benzene rings is 1. The van der Waals surface area contributed by atoms with Crippen molar-refractivity contribution in [1.29, 1.82) is 0 Å². The second kappa shape index (κ2) is 4.91. The van der Waals surface area contributed by atoms with Gasteiger partial charge in [0.05, 0.1) is 19.3 Å². The molecule has 1 aromatic rings. The van der Waals surface area contributed by atoms with Gasteiger partial charge in [-0.2, -0.15) is 0 Å². The lowest BCUT2D eigenvalue weighted by atomic mass is 10.2. The Hall–Kier alpha value is -0.380. The first-order valence-corrected chi connectivity index (χ1v) is 5.58. The summed E-state index contributed by atoms with van der Waals surface area (Å²) >= 11 is 3.44. The van der Waals surface area contributed by atoms with Crippen molar-refractivity contribution in [3.8, 4) is 0 Å². The van der Waals surface area contributed by atoms with Gasteiger partial charge in [0.25, 0.3) is 0 Å². The minimum Gasteiger partial charge on any atom is -0.379 e. The van der Waals surface area contributed by atoms with Crippen molar-refractivity contribution >= 4 is 15.9 Å². The van der Waals surface area contributed by atoms with Crippen LogP contribution in [0.3, 0.4) is 0 Å². The number of hydrogen-bond donors (Lipinski definition) is 0. The molecular formula is C11H13BrO2. The van der Waals surface area contributed by atoms with Gasteiger partial charge in [-0.15, -0.1) is 0 Å². The molecule has 3 heteroatoms. The molecule has 0 radical (unpaired) electrons. The first-order chi connectivity index (χ1) is 6.84. The lowest BCUT2D eigenvalue weighted by Crippen LogP contribution is -2.11. The summed E-state index contributed by atoms with van der Waals surface area (Å²) in [7, 11) is 0. The van der Waals surface area contributed by atoms with E-state index in [1.165, 1.54) is 5.56 Å². The van der Waals surface area contributed by atoms with Gasteiger partial charge in [-0.05, 0) is 24.1 Å². The zero-order valence-electron chi connectivity index (χ0n) is 7.91. The zero-order chi connectivity index (χ0) is 9.80. The normalized spacial score (nSPS) is 21.4. The van der Waals surface area contributed by atoms with E-state index in [-0.39, 0.29) is 6.10 Å². The van der Waals surface area contributed by atoms with Crippen LogP contribution in [-0.4, -0.2) is 19.3 Å². The Bertz CT molecular complexity index is 295. The molecule has 2 nitrogen and oxygen atoms in total. The van der Waals surface area contributed by atoms with Gasteiger partial charge >= 0.3 is 0 Å². The summed E-state index contributed by atoms with van der Waals surface area (Å²) in [6, 6.07) is 8.19. The van der Waals surface area contributed by atoms with Crippen molar-refractivity contribution in [3.63, 3.8) is 0 Å². The largest absolute Gasteiger partial charge is 0.379 e. The molecule has 14 heavy (non-hydrogen) atoms. The fourth-order valence-electron chi connectivity index (χ4n) is 1.49. The SMILES string of the molecule is Brc1cccc(CO[C@H]2CCOC2)c1. The van der Waals surface area contributed by atoms with Gasteiger partial charge in [0.2, 0.25) is 0 Å². The first-order valence-electron chi connectivity index (χ1n) is 4.78.